The molecule has 0 unspecified atom stereocenters. The number of hydrogen-bond donors (Lipinski definition) is 0. The predicted molar refractivity (Wildman–Crippen MR) is 42.8 cm³/mol. The van der Waals surface area contributed by atoms with Crippen molar-refractivity contribution in [1.29, 1.82) is 0 Å². The average Bonchev–Trinajstić information content (AvgIpc) is 1.83. The summed E-state index contributed by atoms with van der Waals surface area (Å²) >= 11 is 3.32. The van der Waals surface area contributed by atoms with Crippen LogP contribution >= 0.6 is 24.0 Å². The van der Waals surface area contributed by atoms with Crippen molar-refractivity contribution in [2.75, 3.05) is 6.61 Å². The summed E-state index contributed by atoms with van der Waals surface area (Å²) in [6.07, 6.45) is -5.61. The Kier molecular flexibility index (Phi) is 4.37. The first-order valence-corrected chi connectivity index (χ1v) is 4.23. The van der Waals surface area contributed by atoms with Gasteiger partial charge in [0.1, 0.15) is 0 Å². The largest absolute Gasteiger partial charge is 0.479 e. The molecule has 0 bridgehead atoms. The van der Waals surface area contributed by atoms with Gasteiger partial charge in [-0.15, -0.1) is 0 Å². The van der Waals surface area contributed by atoms with E-state index in [1.54, 1.807) is 0 Å². The fourth-order valence-corrected chi connectivity index (χ4v) is 1.24. The fourth-order valence-electron chi connectivity index (χ4n) is 0.310. The highest BCUT2D eigenvalue weighted by Crippen LogP contribution is 2.44. The number of thiocarbonyl (C=S) groups is 1. The van der Waals surface area contributed by atoms with E-state index < -0.39 is 27.6 Å². The molecule has 0 spiro atoms. The third-order valence-electron chi connectivity index (χ3n) is 0.804. The van der Waals surface area contributed by atoms with Crippen LogP contribution in [0.2, 0.25) is 0 Å². The normalized spacial score (nSPS) is 12.8. The Balaban J connectivity index is 4.26. The van der Waals surface area contributed by atoms with E-state index in [2.05, 4.69) is 17.0 Å². The van der Waals surface area contributed by atoms with Gasteiger partial charge in [-0.25, -0.2) is 0 Å². The summed E-state index contributed by atoms with van der Waals surface area (Å²) < 4.78 is 62.5. The summed E-state index contributed by atoms with van der Waals surface area (Å²) in [5.74, 6) is 0. The monoisotopic (exact) mass is 240 g/mol. The van der Waals surface area contributed by atoms with Crippen molar-refractivity contribution in [3.05, 3.63) is 0 Å². The first-order valence-electron chi connectivity index (χ1n) is 3.01. The fraction of sp³-hybridized carbons (Fsp3) is 0.800. The summed E-state index contributed by atoms with van der Waals surface area (Å²) in [6.45, 7) is 1.39. The van der Waals surface area contributed by atoms with Crippen LogP contribution in [0.15, 0.2) is 0 Å². The second-order valence-corrected chi connectivity index (χ2v) is 3.52. The van der Waals surface area contributed by atoms with Gasteiger partial charge in [-0.05, 0) is 19.1 Å². The van der Waals surface area contributed by atoms with E-state index in [0.29, 0.717) is 0 Å². The number of thioether (sulfide) groups is 1. The van der Waals surface area contributed by atoms with Gasteiger partial charge in [0.25, 0.3) is 0 Å². The van der Waals surface area contributed by atoms with E-state index in [4.69, 9.17) is 0 Å². The van der Waals surface area contributed by atoms with Crippen LogP contribution in [0.4, 0.5) is 22.0 Å². The van der Waals surface area contributed by atoms with Crippen molar-refractivity contribution in [2.24, 2.45) is 0 Å². The topological polar surface area (TPSA) is 9.23 Å². The molecule has 78 valence electrons. The van der Waals surface area contributed by atoms with Crippen molar-refractivity contribution < 1.29 is 26.7 Å². The Hall–Kier alpha value is -0.110. The van der Waals surface area contributed by atoms with Crippen molar-refractivity contribution in [3.8, 4) is 0 Å². The highest BCUT2D eigenvalue weighted by molar-refractivity contribution is 8.23. The van der Waals surface area contributed by atoms with E-state index in [9.17, 15) is 22.0 Å². The molecule has 0 rings (SSSR count). The third kappa shape index (κ3) is 4.08. The highest BCUT2D eigenvalue weighted by atomic mass is 32.2. The maximum absolute atomic E-state index is 12.2. The van der Waals surface area contributed by atoms with Crippen LogP contribution in [0.1, 0.15) is 6.92 Å². The van der Waals surface area contributed by atoms with Gasteiger partial charge in [0.05, 0.1) is 6.61 Å². The third-order valence-corrected chi connectivity index (χ3v) is 1.94. The standard InChI is InChI=1S/C5H5F5OS2/c1-2-11-3(12)13-5(9,10)4(6,7)8/h2H2,1H3. The maximum Gasteiger partial charge on any atom is 0.464 e. The molecular weight excluding hydrogens is 235 g/mol. The Bertz CT molecular complexity index is 190. The molecule has 0 saturated carbocycles. The number of rotatable bonds is 2. The van der Waals surface area contributed by atoms with Crippen molar-refractivity contribution in [2.45, 2.75) is 18.4 Å². The van der Waals surface area contributed by atoms with Crippen molar-refractivity contribution >= 4 is 28.4 Å². The summed E-state index contributed by atoms with van der Waals surface area (Å²) in [7, 11) is 0. The van der Waals surface area contributed by atoms with Crippen LogP contribution in [0, 0.1) is 0 Å². The summed E-state index contributed by atoms with van der Waals surface area (Å²) in [4.78, 5) is 0. The zero-order valence-corrected chi connectivity index (χ0v) is 7.95. The first-order chi connectivity index (χ1) is 5.70. The van der Waals surface area contributed by atoms with Gasteiger partial charge in [0.2, 0.25) is 4.38 Å². The Morgan fingerprint density at radius 2 is 1.77 bits per heavy atom. The van der Waals surface area contributed by atoms with E-state index in [-0.39, 0.29) is 6.61 Å². The minimum absolute atomic E-state index is 0.0419. The lowest BCUT2D eigenvalue weighted by Crippen LogP contribution is -2.34. The highest BCUT2D eigenvalue weighted by Gasteiger charge is 2.59. The molecule has 0 heterocycles. The molecular formula is C5H5F5OS2. The molecule has 0 aliphatic rings. The second kappa shape index (κ2) is 4.41. The van der Waals surface area contributed by atoms with Gasteiger partial charge in [-0.1, -0.05) is 0 Å². The Morgan fingerprint density at radius 1 is 1.31 bits per heavy atom. The summed E-state index contributed by atoms with van der Waals surface area (Å²) in [5, 5.41) is -4.89. The first kappa shape index (κ1) is 12.9. The number of ether oxygens (including phenoxy) is 1. The molecule has 8 heteroatoms. The van der Waals surface area contributed by atoms with E-state index >= 15 is 0 Å². The van der Waals surface area contributed by atoms with Gasteiger partial charge in [-0.2, -0.15) is 22.0 Å². The minimum atomic E-state index is -5.61. The van der Waals surface area contributed by atoms with Crippen LogP contribution < -0.4 is 0 Å². The van der Waals surface area contributed by atoms with Crippen LogP contribution in [-0.2, 0) is 4.74 Å². The zero-order valence-electron chi connectivity index (χ0n) is 6.32. The lowest BCUT2D eigenvalue weighted by molar-refractivity contribution is -0.237. The lowest BCUT2D eigenvalue weighted by atomic mass is 10.7. The maximum atomic E-state index is 12.2. The molecule has 0 aliphatic heterocycles. The molecule has 0 aromatic heterocycles. The quantitative estimate of drug-likeness (QED) is 0.542. The molecule has 1 nitrogen and oxygen atoms in total. The molecule has 0 aromatic rings. The lowest BCUT2D eigenvalue weighted by Gasteiger charge is -2.18. The molecule has 0 aliphatic carbocycles. The van der Waals surface area contributed by atoms with Gasteiger partial charge < -0.3 is 4.74 Å². The zero-order chi connectivity index (χ0) is 10.7. The number of alkyl halides is 5. The number of hydrogen-bond acceptors (Lipinski definition) is 3. The predicted octanol–water partition coefficient (Wildman–Crippen LogP) is 3.20. The van der Waals surface area contributed by atoms with E-state index in [1.165, 1.54) is 6.92 Å². The van der Waals surface area contributed by atoms with Crippen LogP contribution in [0.25, 0.3) is 0 Å². The van der Waals surface area contributed by atoms with Crippen molar-refractivity contribution in [3.63, 3.8) is 0 Å². The number of halogens is 5. The molecule has 0 amide bonds. The SMILES string of the molecule is CCOC(=S)SC(F)(F)C(F)(F)F. The molecule has 0 N–H and O–H groups in total. The smallest absolute Gasteiger partial charge is 0.464 e. The molecule has 0 aromatic carbocycles. The molecule has 0 saturated heterocycles. The van der Waals surface area contributed by atoms with Gasteiger partial charge in [0, 0.05) is 11.8 Å². The van der Waals surface area contributed by atoms with Gasteiger partial charge >= 0.3 is 11.4 Å². The van der Waals surface area contributed by atoms with E-state index in [1.807, 2.05) is 0 Å². The molecule has 0 atom stereocenters. The second-order valence-electron chi connectivity index (χ2n) is 1.80. The molecule has 13 heavy (non-hydrogen) atoms. The van der Waals surface area contributed by atoms with Crippen molar-refractivity contribution in [1.82, 2.24) is 0 Å². The van der Waals surface area contributed by atoms with Crippen LogP contribution in [0.3, 0.4) is 0 Å². The van der Waals surface area contributed by atoms with Crippen LogP contribution in [0.5, 0.6) is 0 Å². The van der Waals surface area contributed by atoms with Gasteiger partial charge in [0.15, 0.2) is 0 Å². The Morgan fingerprint density at radius 3 is 2.08 bits per heavy atom. The average molecular weight is 240 g/mol. The molecule has 0 fully saturated rings. The summed E-state index contributed by atoms with van der Waals surface area (Å²) in [5.41, 5.74) is 0. The van der Waals surface area contributed by atoms with E-state index in [0.717, 1.165) is 0 Å². The summed E-state index contributed by atoms with van der Waals surface area (Å²) in [6, 6.07) is 0. The minimum Gasteiger partial charge on any atom is -0.479 e. The molecule has 0 radical (unpaired) electrons. The van der Waals surface area contributed by atoms with Gasteiger partial charge in [-0.3, -0.25) is 0 Å². The Labute approximate surface area is 80.6 Å². The van der Waals surface area contributed by atoms with Crippen LogP contribution in [-0.4, -0.2) is 22.4 Å².